The van der Waals surface area contributed by atoms with Gasteiger partial charge in [-0.1, -0.05) is 6.92 Å². The van der Waals surface area contributed by atoms with E-state index >= 15 is 0 Å². The van der Waals surface area contributed by atoms with Gasteiger partial charge in [0.2, 0.25) is 11.8 Å². The van der Waals surface area contributed by atoms with Crippen molar-refractivity contribution in [2.45, 2.75) is 13.8 Å². The second kappa shape index (κ2) is 5.97. The van der Waals surface area contributed by atoms with Crippen LogP contribution < -0.4 is 16.2 Å². The predicted molar refractivity (Wildman–Crippen MR) is 75.6 cm³/mol. The maximum atomic E-state index is 11.2. The first-order valence-corrected chi connectivity index (χ1v) is 6.53. The number of nitrogens with zero attached hydrogens (tertiary/aromatic N) is 5. The number of nitrogen functional groups attached to an aromatic ring is 1. The summed E-state index contributed by atoms with van der Waals surface area (Å²) < 4.78 is 0. The molecule has 0 spiro atoms. The fourth-order valence-corrected chi connectivity index (χ4v) is 2.33. The molecule has 0 unspecified atom stereocenters. The molecule has 9 heteroatoms. The summed E-state index contributed by atoms with van der Waals surface area (Å²) in [7, 11) is 0. The van der Waals surface area contributed by atoms with E-state index in [-0.39, 0.29) is 11.6 Å². The van der Waals surface area contributed by atoms with Crippen molar-refractivity contribution < 1.29 is 4.92 Å². The van der Waals surface area contributed by atoms with E-state index in [1.165, 1.54) is 0 Å². The van der Waals surface area contributed by atoms with Crippen molar-refractivity contribution in [2.24, 2.45) is 5.84 Å². The second-order valence-electron chi connectivity index (χ2n) is 4.63. The monoisotopic (exact) mass is 281 g/mol. The smallest absolute Gasteiger partial charge is 0.332 e. The molecule has 0 radical (unpaired) electrons. The Kier molecular flexibility index (Phi) is 4.30. The Balaban J connectivity index is 2.34. The van der Waals surface area contributed by atoms with Crippen molar-refractivity contribution in [1.82, 2.24) is 14.9 Å². The number of nitrogens with two attached hydrogens (primary N) is 1. The largest absolute Gasteiger partial charge is 0.348 e. The molecule has 9 nitrogen and oxygen atoms in total. The third kappa shape index (κ3) is 2.78. The summed E-state index contributed by atoms with van der Waals surface area (Å²) >= 11 is 0. The molecule has 1 aliphatic rings. The van der Waals surface area contributed by atoms with Crippen molar-refractivity contribution in [2.75, 3.05) is 43.0 Å². The van der Waals surface area contributed by atoms with Gasteiger partial charge in [0.15, 0.2) is 0 Å². The van der Waals surface area contributed by atoms with E-state index in [9.17, 15) is 10.1 Å². The Hall–Kier alpha value is -2.00. The van der Waals surface area contributed by atoms with Gasteiger partial charge in [0.1, 0.15) is 5.69 Å². The lowest BCUT2D eigenvalue weighted by Crippen LogP contribution is -2.46. The highest BCUT2D eigenvalue weighted by atomic mass is 16.6. The van der Waals surface area contributed by atoms with E-state index in [0.717, 1.165) is 19.6 Å². The van der Waals surface area contributed by atoms with Gasteiger partial charge in [-0.05, 0) is 13.5 Å². The molecule has 0 bridgehead atoms. The highest BCUT2D eigenvalue weighted by molar-refractivity contribution is 5.62. The fraction of sp³-hybridized carbons (Fsp3) is 0.636. The number of nitro groups is 1. The maximum Gasteiger partial charge on any atom is 0.332 e. The minimum Gasteiger partial charge on any atom is -0.348 e. The molecule has 1 aliphatic heterocycles. The summed E-state index contributed by atoms with van der Waals surface area (Å²) in [5, 5.41) is 11.2. The molecule has 2 heterocycles. The van der Waals surface area contributed by atoms with Crippen molar-refractivity contribution >= 4 is 17.5 Å². The maximum absolute atomic E-state index is 11.2. The molecular formula is C11H19N7O2. The number of aromatic nitrogens is 2. The molecule has 20 heavy (non-hydrogen) atoms. The number of hydrogen-bond donors (Lipinski definition) is 2. The minimum absolute atomic E-state index is 0.0473. The Morgan fingerprint density at radius 1 is 1.35 bits per heavy atom. The number of nitrogens with one attached hydrogen (secondary N) is 1. The number of hydrogen-bond acceptors (Lipinski definition) is 8. The topological polar surface area (TPSA) is 113 Å². The molecule has 0 atom stereocenters. The lowest BCUT2D eigenvalue weighted by Gasteiger charge is -2.34. The van der Waals surface area contributed by atoms with Gasteiger partial charge >= 0.3 is 5.69 Å². The standard InChI is InChI=1S/C11H19N7O2/c1-3-16-4-6-17(7-5-16)10-9(18(19)20)8(2)13-11(14-10)15-12/h3-7,12H2,1-2H3,(H,13,14,15). The zero-order valence-corrected chi connectivity index (χ0v) is 11.7. The number of hydrazine groups is 1. The van der Waals surface area contributed by atoms with Gasteiger partial charge in [0, 0.05) is 26.2 Å². The predicted octanol–water partition coefficient (Wildman–Crippen LogP) is 0.121. The first-order chi connectivity index (χ1) is 9.56. The third-order valence-corrected chi connectivity index (χ3v) is 3.47. The highest BCUT2D eigenvalue weighted by Gasteiger charge is 2.28. The van der Waals surface area contributed by atoms with Crippen LogP contribution in [-0.2, 0) is 0 Å². The van der Waals surface area contributed by atoms with Crippen LogP contribution in [0.2, 0.25) is 0 Å². The van der Waals surface area contributed by atoms with Gasteiger partial charge in [-0.15, -0.1) is 0 Å². The minimum atomic E-state index is -0.433. The number of likely N-dealkylation sites (N-methyl/N-ethyl adjacent to an activating group) is 1. The van der Waals surface area contributed by atoms with Gasteiger partial charge in [-0.25, -0.2) is 10.8 Å². The summed E-state index contributed by atoms with van der Waals surface area (Å²) in [6.45, 7) is 7.80. The molecule has 110 valence electrons. The SMILES string of the molecule is CCN1CCN(c2nc(NN)nc(C)c2[N+](=O)[O-])CC1. The Labute approximate surface area is 116 Å². The summed E-state index contributed by atoms with van der Waals surface area (Å²) in [6, 6.07) is 0. The molecule has 2 rings (SSSR count). The van der Waals surface area contributed by atoms with Crippen LogP contribution in [0, 0.1) is 17.0 Å². The van der Waals surface area contributed by atoms with Gasteiger partial charge in [0.05, 0.1) is 4.92 Å². The molecule has 0 aliphatic carbocycles. The second-order valence-corrected chi connectivity index (χ2v) is 4.63. The number of rotatable bonds is 4. The molecule has 0 aromatic carbocycles. The zero-order chi connectivity index (χ0) is 14.7. The van der Waals surface area contributed by atoms with Crippen LogP contribution in [0.4, 0.5) is 17.5 Å². The molecule has 1 aromatic heterocycles. The highest BCUT2D eigenvalue weighted by Crippen LogP contribution is 2.30. The quantitative estimate of drug-likeness (QED) is 0.454. The molecule has 0 saturated carbocycles. The van der Waals surface area contributed by atoms with Crippen molar-refractivity contribution in [3.05, 3.63) is 15.8 Å². The van der Waals surface area contributed by atoms with Crippen LogP contribution in [0.1, 0.15) is 12.6 Å². The molecule has 1 aromatic rings. The van der Waals surface area contributed by atoms with Crippen molar-refractivity contribution in [3.8, 4) is 0 Å². The van der Waals surface area contributed by atoms with E-state index in [2.05, 4.69) is 27.2 Å². The Bertz CT molecular complexity index is 500. The normalized spacial score (nSPS) is 16.2. The first-order valence-electron chi connectivity index (χ1n) is 6.53. The summed E-state index contributed by atoms with van der Waals surface area (Å²) in [4.78, 5) is 23.2. The molecular weight excluding hydrogens is 262 g/mol. The van der Waals surface area contributed by atoms with Crippen molar-refractivity contribution in [3.63, 3.8) is 0 Å². The van der Waals surface area contributed by atoms with Crippen molar-refractivity contribution in [1.29, 1.82) is 0 Å². The lowest BCUT2D eigenvalue weighted by atomic mass is 10.2. The number of aryl methyl sites for hydroxylation is 1. The summed E-state index contributed by atoms with van der Waals surface area (Å²) in [6.07, 6.45) is 0. The fourth-order valence-electron chi connectivity index (χ4n) is 2.33. The average Bonchev–Trinajstić information content (AvgIpc) is 2.46. The van der Waals surface area contributed by atoms with Gasteiger partial charge in [-0.2, -0.15) is 4.98 Å². The van der Waals surface area contributed by atoms with E-state index in [4.69, 9.17) is 5.84 Å². The molecule has 3 N–H and O–H groups in total. The van der Waals surface area contributed by atoms with E-state index in [1.54, 1.807) is 6.92 Å². The summed E-state index contributed by atoms with van der Waals surface area (Å²) in [5.74, 6) is 5.85. The molecule has 1 fully saturated rings. The van der Waals surface area contributed by atoms with Crippen LogP contribution in [0.15, 0.2) is 0 Å². The van der Waals surface area contributed by atoms with Gasteiger partial charge in [-0.3, -0.25) is 15.5 Å². The Morgan fingerprint density at radius 2 is 2.00 bits per heavy atom. The average molecular weight is 281 g/mol. The van der Waals surface area contributed by atoms with E-state index in [1.807, 2.05) is 4.90 Å². The lowest BCUT2D eigenvalue weighted by molar-refractivity contribution is -0.385. The summed E-state index contributed by atoms with van der Waals surface area (Å²) in [5.41, 5.74) is 2.62. The van der Waals surface area contributed by atoms with Gasteiger partial charge in [0.25, 0.3) is 0 Å². The van der Waals surface area contributed by atoms with Crippen LogP contribution in [0.25, 0.3) is 0 Å². The molecule has 0 amide bonds. The van der Waals surface area contributed by atoms with E-state index in [0.29, 0.717) is 24.6 Å². The van der Waals surface area contributed by atoms with Crippen LogP contribution in [-0.4, -0.2) is 52.5 Å². The van der Waals surface area contributed by atoms with E-state index < -0.39 is 4.92 Å². The molecule has 1 saturated heterocycles. The van der Waals surface area contributed by atoms with Crippen LogP contribution >= 0.6 is 0 Å². The zero-order valence-electron chi connectivity index (χ0n) is 11.7. The number of piperazine rings is 1. The number of anilines is 2. The third-order valence-electron chi connectivity index (χ3n) is 3.47. The van der Waals surface area contributed by atoms with Gasteiger partial charge < -0.3 is 9.80 Å². The van der Waals surface area contributed by atoms with Crippen LogP contribution in [0.5, 0.6) is 0 Å². The first kappa shape index (κ1) is 14.4. The van der Waals surface area contributed by atoms with Crippen LogP contribution in [0.3, 0.4) is 0 Å². The Morgan fingerprint density at radius 3 is 2.50 bits per heavy atom.